The van der Waals surface area contributed by atoms with Crippen molar-refractivity contribution in [2.75, 3.05) is 45.6 Å². The number of carbonyl (C=O) groups is 2. The Morgan fingerprint density at radius 3 is 2.64 bits per heavy atom. The van der Waals surface area contributed by atoms with Gasteiger partial charge in [0.15, 0.2) is 5.65 Å². The molecule has 2 fully saturated rings. The van der Waals surface area contributed by atoms with E-state index in [9.17, 15) is 14.7 Å². The maximum absolute atomic E-state index is 12.7. The van der Waals surface area contributed by atoms with E-state index in [1.807, 2.05) is 50.0 Å². The number of anilines is 1. The van der Waals surface area contributed by atoms with E-state index in [4.69, 9.17) is 4.74 Å². The lowest BCUT2D eigenvalue weighted by Crippen LogP contribution is -2.52. The first kappa shape index (κ1) is 28.6. The van der Waals surface area contributed by atoms with Crippen LogP contribution in [0.1, 0.15) is 58.4 Å². The van der Waals surface area contributed by atoms with Crippen molar-refractivity contribution in [1.29, 1.82) is 0 Å². The van der Waals surface area contributed by atoms with Gasteiger partial charge in [-0.05, 0) is 59.0 Å². The van der Waals surface area contributed by atoms with Crippen molar-refractivity contribution in [3.8, 4) is 6.01 Å². The van der Waals surface area contributed by atoms with Crippen LogP contribution in [0.5, 0.6) is 6.01 Å². The summed E-state index contributed by atoms with van der Waals surface area (Å²) in [4.78, 5) is 39.5. The third-order valence-corrected chi connectivity index (χ3v) is 7.37. The second-order valence-electron chi connectivity index (χ2n) is 11.4. The van der Waals surface area contributed by atoms with E-state index < -0.39 is 6.09 Å². The molecule has 2 amide bonds. The van der Waals surface area contributed by atoms with Gasteiger partial charge in [0.2, 0.25) is 11.9 Å². The molecular formula is C27H42N8O4. The zero-order chi connectivity index (χ0) is 28.3. The maximum Gasteiger partial charge on any atom is 0.407 e. The molecule has 39 heavy (non-hydrogen) atoms. The molecule has 2 aliphatic rings. The van der Waals surface area contributed by atoms with E-state index in [0.717, 1.165) is 12.0 Å². The molecule has 12 nitrogen and oxygen atoms in total. The fourth-order valence-electron chi connectivity index (χ4n) is 5.41. The first-order valence-electron chi connectivity index (χ1n) is 13.8. The molecule has 0 radical (unpaired) electrons. The third kappa shape index (κ3) is 6.78. The lowest BCUT2D eigenvalue weighted by molar-refractivity contribution is -0.125. The number of likely N-dealkylation sites (N-methyl/N-ethyl adjacent to an activating group) is 1. The zero-order valence-corrected chi connectivity index (χ0v) is 23.9. The molecule has 2 aromatic heterocycles. The number of amides is 2. The summed E-state index contributed by atoms with van der Waals surface area (Å²) in [5, 5.41) is 18.0. The quantitative estimate of drug-likeness (QED) is 0.460. The number of fused-ring (bicyclic) bond motifs is 1. The number of likely N-dealkylation sites (tertiary alicyclic amines) is 2. The maximum atomic E-state index is 12.7. The number of piperidine rings is 1. The van der Waals surface area contributed by atoms with Crippen LogP contribution < -0.4 is 10.1 Å². The molecule has 0 spiro atoms. The standard InChI is InChI=1S/C27H42N8O4/c1-17(2)21-15-28-35-24(21)30-26(39-18(3)4)31-25(35)29-20-10-13-34(27(37)38)22(14-20)19-9-12-33(16-19)23(36)8-7-11-32(5)6/h7-8,15,17-20,22H,9-14,16H2,1-6H3,(H,37,38)(H,29,30,31)/b8-7+. The van der Waals surface area contributed by atoms with Crippen LogP contribution in [0.2, 0.25) is 0 Å². The van der Waals surface area contributed by atoms with E-state index >= 15 is 0 Å². The highest BCUT2D eigenvalue weighted by atomic mass is 16.5. The van der Waals surface area contributed by atoms with Crippen LogP contribution in [0.4, 0.5) is 10.7 Å². The molecule has 2 N–H and O–H groups in total. The molecule has 214 valence electrons. The number of nitrogens with one attached hydrogen (secondary N) is 1. The van der Waals surface area contributed by atoms with Crippen molar-refractivity contribution in [2.45, 2.75) is 71.1 Å². The largest absolute Gasteiger partial charge is 0.465 e. The Labute approximate surface area is 230 Å². The van der Waals surface area contributed by atoms with Crippen LogP contribution in [0, 0.1) is 5.92 Å². The van der Waals surface area contributed by atoms with Crippen molar-refractivity contribution in [1.82, 2.24) is 34.3 Å². The van der Waals surface area contributed by atoms with Gasteiger partial charge in [-0.15, -0.1) is 0 Å². The monoisotopic (exact) mass is 542 g/mol. The fraction of sp³-hybridized carbons (Fsp3) is 0.667. The fourth-order valence-corrected chi connectivity index (χ4v) is 5.41. The highest BCUT2D eigenvalue weighted by Gasteiger charge is 2.40. The number of carboxylic acid groups (broad SMARTS) is 1. The molecule has 4 rings (SSSR count). The summed E-state index contributed by atoms with van der Waals surface area (Å²) < 4.78 is 7.55. The second kappa shape index (κ2) is 12.2. The number of ether oxygens (including phenoxy) is 1. The zero-order valence-electron chi connectivity index (χ0n) is 23.9. The average Bonchev–Trinajstić information content (AvgIpc) is 3.51. The molecule has 0 bridgehead atoms. The van der Waals surface area contributed by atoms with Gasteiger partial charge in [-0.2, -0.15) is 19.6 Å². The third-order valence-electron chi connectivity index (χ3n) is 7.37. The van der Waals surface area contributed by atoms with Crippen LogP contribution in [0.15, 0.2) is 18.3 Å². The van der Waals surface area contributed by atoms with E-state index in [0.29, 0.717) is 50.6 Å². The molecule has 2 aliphatic heterocycles. The lowest BCUT2D eigenvalue weighted by Gasteiger charge is -2.41. The molecule has 3 unspecified atom stereocenters. The van der Waals surface area contributed by atoms with Gasteiger partial charge in [0, 0.05) is 49.9 Å². The van der Waals surface area contributed by atoms with Gasteiger partial charge >= 0.3 is 12.1 Å². The molecule has 2 saturated heterocycles. The van der Waals surface area contributed by atoms with Crippen LogP contribution in [-0.2, 0) is 4.79 Å². The number of hydrogen-bond acceptors (Lipinski definition) is 8. The van der Waals surface area contributed by atoms with Crippen molar-refractivity contribution >= 4 is 23.6 Å². The molecule has 0 saturated carbocycles. The van der Waals surface area contributed by atoms with Gasteiger partial charge in [0.25, 0.3) is 0 Å². The molecule has 4 heterocycles. The summed E-state index contributed by atoms with van der Waals surface area (Å²) in [6, 6.07) is 0.0612. The van der Waals surface area contributed by atoms with Gasteiger partial charge in [0.05, 0.1) is 12.3 Å². The van der Waals surface area contributed by atoms with Crippen molar-refractivity contribution in [3.63, 3.8) is 0 Å². The highest BCUT2D eigenvalue weighted by molar-refractivity contribution is 5.87. The van der Waals surface area contributed by atoms with Gasteiger partial charge in [0.1, 0.15) is 0 Å². The van der Waals surface area contributed by atoms with Gasteiger partial charge in [-0.1, -0.05) is 19.9 Å². The topological polar surface area (TPSA) is 128 Å². The van der Waals surface area contributed by atoms with E-state index in [-0.39, 0.29) is 41.9 Å². The number of rotatable bonds is 9. The Kier molecular flexibility index (Phi) is 8.94. The van der Waals surface area contributed by atoms with Crippen LogP contribution >= 0.6 is 0 Å². The Morgan fingerprint density at radius 2 is 1.97 bits per heavy atom. The Bertz CT molecular complexity index is 1190. The molecule has 3 atom stereocenters. The van der Waals surface area contributed by atoms with Crippen molar-refractivity contribution in [3.05, 3.63) is 23.9 Å². The number of nitrogens with zero attached hydrogens (tertiary/aromatic N) is 7. The SMILES string of the molecule is CC(C)Oc1nc(NC2CCN(C(=O)O)C(C3CCN(C(=O)/C=C/CN(C)C)C3)C2)n2ncc(C(C)C)c2n1. The van der Waals surface area contributed by atoms with Crippen LogP contribution in [0.3, 0.4) is 0 Å². The predicted octanol–water partition coefficient (Wildman–Crippen LogP) is 2.92. The second-order valence-corrected chi connectivity index (χ2v) is 11.4. The van der Waals surface area contributed by atoms with Crippen LogP contribution in [0.25, 0.3) is 5.65 Å². The Balaban J connectivity index is 1.52. The lowest BCUT2D eigenvalue weighted by atomic mass is 9.87. The van der Waals surface area contributed by atoms with Crippen LogP contribution in [-0.4, -0.2) is 110 Å². The van der Waals surface area contributed by atoms with E-state index in [2.05, 4.69) is 34.2 Å². The summed E-state index contributed by atoms with van der Waals surface area (Å²) in [7, 11) is 3.91. The van der Waals surface area contributed by atoms with Crippen molar-refractivity contribution in [2.24, 2.45) is 5.92 Å². The average molecular weight is 543 g/mol. The number of aromatic nitrogens is 4. The summed E-state index contributed by atoms with van der Waals surface area (Å²) >= 11 is 0. The molecule has 0 aliphatic carbocycles. The first-order valence-corrected chi connectivity index (χ1v) is 13.8. The Hall–Kier alpha value is -3.41. The summed E-state index contributed by atoms with van der Waals surface area (Å²) in [5.41, 5.74) is 1.70. The molecule has 0 aromatic carbocycles. The highest BCUT2D eigenvalue weighted by Crippen LogP contribution is 2.32. The van der Waals surface area contributed by atoms with E-state index in [1.165, 1.54) is 0 Å². The predicted molar refractivity (Wildman–Crippen MR) is 148 cm³/mol. The smallest absolute Gasteiger partial charge is 0.407 e. The van der Waals surface area contributed by atoms with Gasteiger partial charge in [-0.25, -0.2) is 4.79 Å². The minimum atomic E-state index is -0.917. The molecule has 2 aromatic rings. The number of carbonyl (C=O) groups excluding carboxylic acids is 1. The summed E-state index contributed by atoms with van der Waals surface area (Å²) in [5.74, 6) is 0.808. The molecule has 12 heteroatoms. The normalized spacial score (nSPS) is 22.1. The van der Waals surface area contributed by atoms with E-state index in [1.54, 1.807) is 15.5 Å². The minimum Gasteiger partial charge on any atom is -0.465 e. The summed E-state index contributed by atoms with van der Waals surface area (Å²) in [6.07, 6.45) is 6.31. The van der Waals surface area contributed by atoms with Crippen molar-refractivity contribution < 1.29 is 19.4 Å². The van der Waals surface area contributed by atoms with Gasteiger partial charge < -0.3 is 29.9 Å². The summed E-state index contributed by atoms with van der Waals surface area (Å²) in [6.45, 7) is 10.3. The first-order chi connectivity index (χ1) is 18.5. The number of hydrogen-bond donors (Lipinski definition) is 2. The van der Waals surface area contributed by atoms with Gasteiger partial charge in [-0.3, -0.25) is 4.79 Å². The Morgan fingerprint density at radius 1 is 1.21 bits per heavy atom. The molecular weight excluding hydrogens is 500 g/mol. The minimum absolute atomic E-state index is 0.0209.